The summed E-state index contributed by atoms with van der Waals surface area (Å²) in [7, 11) is 1.61. The van der Waals surface area contributed by atoms with Crippen molar-refractivity contribution < 1.29 is 9.53 Å². The van der Waals surface area contributed by atoms with Crippen LogP contribution >= 0.6 is 11.8 Å². The lowest BCUT2D eigenvalue weighted by Crippen LogP contribution is -2.15. The number of thioether (sulfide) groups is 1. The summed E-state index contributed by atoms with van der Waals surface area (Å²) in [6.07, 6.45) is 0. The SMILES string of the molecule is COc1ccc(NC(=O)CSc2nnc(-c3cccc(C)c3)n2C(C)C)cc1. The number of nitrogens with one attached hydrogen (secondary N) is 1. The number of aromatic nitrogens is 3. The minimum Gasteiger partial charge on any atom is -0.497 e. The molecule has 3 rings (SSSR count). The van der Waals surface area contributed by atoms with E-state index in [4.69, 9.17) is 4.74 Å². The fourth-order valence-electron chi connectivity index (χ4n) is 2.82. The van der Waals surface area contributed by atoms with Crippen molar-refractivity contribution in [3.63, 3.8) is 0 Å². The van der Waals surface area contributed by atoms with Crippen molar-refractivity contribution in [2.75, 3.05) is 18.2 Å². The van der Waals surface area contributed by atoms with Gasteiger partial charge in [-0.05, 0) is 51.1 Å². The van der Waals surface area contributed by atoms with E-state index in [9.17, 15) is 4.79 Å². The highest BCUT2D eigenvalue weighted by Gasteiger charge is 2.18. The van der Waals surface area contributed by atoms with Crippen molar-refractivity contribution in [3.8, 4) is 17.1 Å². The maximum atomic E-state index is 12.3. The zero-order valence-electron chi connectivity index (χ0n) is 16.5. The third-order valence-electron chi connectivity index (χ3n) is 4.16. The molecule has 3 aromatic rings. The molecule has 0 aliphatic rings. The van der Waals surface area contributed by atoms with E-state index in [-0.39, 0.29) is 17.7 Å². The normalized spacial score (nSPS) is 10.9. The average molecular weight is 397 g/mol. The first kappa shape index (κ1) is 19.9. The molecule has 6 nitrogen and oxygen atoms in total. The maximum absolute atomic E-state index is 12.3. The second-order valence-electron chi connectivity index (χ2n) is 6.70. The molecule has 0 aliphatic carbocycles. The smallest absolute Gasteiger partial charge is 0.234 e. The Balaban J connectivity index is 1.70. The van der Waals surface area contributed by atoms with E-state index in [1.807, 2.05) is 36.4 Å². The molecule has 0 spiro atoms. The van der Waals surface area contributed by atoms with Crippen LogP contribution < -0.4 is 10.1 Å². The van der Waals surface area contributed by atoms with Crippen molar-refractivity contribution in [2.24, 2.45) is 0 Å². The van der Waals surface area contributed by atoms with Crippen molar-refractivity contribution in [1.82, 2.24) is 14.8 Å². The zero-order valence-corrected chi connectivity index (χ0v) is 17.3. The van der Waals surface area contributed by atoms with Gasteiger partial charge >= 0.3 is 0 Å². The molecule has 0 atom stereocenters. The Morgan fingerprint density at radius 2 is 1.93 bits per heavy atom. The summed E-state index contributed by atoms with van der Waals surface area (Å²) in [6, 6.07) is 15.6. The quantitative estimate of drug-likeness (QED) is 0.592. The van der Waals surface area contributed by atoms with Gasteiger partial charge < -0.3 is 10.1 Å². The van der Waals surface area contributed by atoms with Crippen molar-refractivity contribution >= 4 is 23.4 Å². The van der Waals surface area contributed by atoms with Gasteiger partial charge in [-0.2, -0.15) is 0 Å². The van der Waals surface area contributed by atoms with Gasteiger partial charge in [0.2, 0.25) is 5.91 Å². The Hall–Kier alpha value is -2.80. The number of methoxy groups -OCH3 is 1. The molecule has 7 heteroatoms. The molecular formula is C21H24N4O2S. The van der Waals surface area contributed by atoms with Gasteiger partial charge in [0.1, 0.15) is 5.75 Å². The molecule has 1 N–H and O–H groups in total. The molecule has 28 heavy (non-hydrogen) atoms. The Bertz CT molecular complexity index is 951. The molecule has 0 unspecified atom stereocenters. The first-order chi connectivity index (χ1) is 13.5. The van der Waals surface area contributed by atoms with Crippen LogP contribution in [0.15, 0.2) is 53.7 Å². The van der Waals surface area contributed by atoms with E-state index in [0.717, 1.165) is 28.0 Å². The lowest BCUT2D eigenvalue weighted by molar-refractivity contribution is -0.113. The number of benzene rings is 2. The van der Waals surface area contributed by atoms with Crippen LogP contribution in [0.1, 0.15) is 25.5 Å². The molecule has 0 saturated heterocycles. The molecule has 146 valence electrons. The minimum atomic E-state index is -0.0921. The van der Waals surface area contributed by atoms with Gasteiger partial charge in [0.05, 0.1) is 12.9 Å². The summed E-state index contributed by atoms with van der Waals surface area (Å²) >= 11 is 1.38. The number of hydrogen-bond acceptors (Lipinski definition) is 5. The molecule has 1 aromatic heterocycles. The van der Waals surface area contributed by atoms with Crippen LogP contribution in [0.3, 0.4) is 0 Å². The Morgan fingerprint density at radius 3 is 2.57 bits per heavy atom. The lowest BCUT2D eigenvalue weighted by Gasteiger charge is -2.14. The van der Waals surface area contributed by atoms with Gasteiger partial charge in [0, 0.05) is 17.3 Å². The third-order valence-corrected chi connectivity index (χ3v) is 5.11. The number of carbonyl (C=O) groups is 1. The van der Waals surface area contributed by atoms with Gasteiger partial charge in [-0.15, -0.1) is 10.2 Å². The van der Waals surface area contributed by atoms with E-state index < -0.39 is 0 Å². The van der Waals surface area contributed by atoms with Crippen LogP contribution in [0.2, 0.25) is 0 Å². The predicted octanol–water partition coefficient (Wildman–Crippen LogP) is 4.57. The van der Waals surface area contributed by atoms with Gasteiger partial charge in [-0.25, -0.2) is 0 Å². The van der Waals surface area contributed by atoms with Crippen LogP contribution in [0.5, 0.6) is 5.75 Å². The van der Waals surface area contributed by atoms with Gasteiger partial charge in [0.25, 0.3) is 0 Å². The molecule has 1 heterocycles. The molecular weight excluding hydrogens is 372 g/mol. The number of aryl methyl sites for hydroxylation is 1. The standard InChI is InChI=1S/C21H24N4O2S/c1-14(2)25-20(16-7-5-6-15(3)12-16)23-24-21(25)28-13-19(26)22-17-8-10-18(27-4)11-9-17/h5-12,14H,13H2,1-4H3,(H,22,26). The summed E-state index contributed by atoms with van der Waals surface area (Å²) in [5.41, 5.74) is 2.93. The van der Waals surface area contributed by atoms with E-state index in [1.165, 1.54) is 17.3 Å². The second kappa shape index (κ2) is 8.93. The predicted molar refractivity (Wildman–Crippen MR) is 113 cm³/mol. The molecule has 0 aliphatic heterocycles. The fourth-order valence-corrected chi connectivity index (χ4v) is 3.69. The van der Waals surface area contributed by atoms with E-state index in [2.05, 4.69) is 53.0 Å². The third kappa shape index (κ3) is 4.72. The molecule has 0 bridgehead atoms. The number of anilines is 1. The maximum Gasteiger partial charge on any atom is 0.234 e. The lowest BCUT2D eigenvalue weighted by atomic mass is 10.1. The van der Waals surface area contributed by atoms with Gasteiger partial charge in [0.15, 0.2) is 11.0 Å². The highest BCUT2D eigenvalue weighted by atomic mass is 32.2. The van der Waals surface area contributed by atoms with Crippen molar-refractivity contribution in [2.45, 2.75) is 32.0 Å². The van der Waals surface area contributed by atoms with Crippen molar-refractivity contribution in [3.05, 3.63) is 54.1 Å². The monoisotopic (exact) mass is 396 g/mol. The number of ether oxygens (including phenoxy) is 1. The first-order valence-electron chi connectivity index (χ1n) is 9.06. The largest absolute Gasteiger partial charge is 0.497 e. The van der Waals surface area contributed by atoms with Crippen molar-refractivity contribution in [1.29, 1.82) is 0 Å². The minimum absolute atomic E-state index is 0.0921. The highest BCUT2D eigenvalue weighted by Crippen LogP contribution is 2.28. The average Bonchev–Trinajstić information content (AvgIpc) is 3.11. The summed E-state index contributed by atoms with van der Waals surface area (Å²) in [5.74, 6) is 1.73. The van der Waals surface area contributed by atoms with E-state index in [0.29, 0.717) is 0 Å². The summed E-state index contributed by atoms with van der Waals surface area (Å²) < 4.78 is 7.20. The van der Waals surface area contributed by atoms with Crippen LogP contribution in [-0.2, 0) is 4.79 Å². The number of carbonyl (C=O) groups excluding carboxylic acids is 1. The number of nitrogens with zero attached hydrogens (tertiary/aromatic N) is 3. The molecule has 0 fully saturated rings. The van der Waals surface area contributed by atoms with E-state index in [1.54, 1.807) is 7.11 Å². The topological polar surface area (TPSA) is 69.0 Å². The zero-order chi connectivity index (χ0) is 20.1. The van der Waals surface area contributed by atoms with Crippen LogP contribution in [0.4, 0.5) is 5.69 Å². The van der Waals surface area contributed by atoms with Crippen LogP contribution in [0, 0.1) is 6.92 Å². The fraction of sp³-hybridized carbons (Fsp3) is 0.286. The second-order valence-corrected chi connectivity index (χ2v) is 7.65. The van der Waals surface area contributed by atoms with E-state index >= 15 is 0 Å². The molecule has 2 aromatic carbocycles. The Labute approximate surface area is 169 Å². The van der Waals surface area contributed by atoms with Gasteiger partial charge in [-0.3, -0.25) is 9.36 Å². The van der Waals surface area contributed by atoms with Crippen LogP contribution in [0.25, 0.3) is 11.4 Å². The summed E-state index contributed by atoms with van der Waals surface area (Å²) in [4.78, 5) is 12.3. The highest BCUT2D eigenvalue weighted by molar-refractivity contribution is 7.99. The summed E-state index contributed by atoms with van der Waals surface area (Å²) in [5, 5.41) is 12.3. The molecule has 0 radical (unpaired) electrons. The number of rotatable bonds is 7. The molecule has 1 amide bonds. The Morgan fingerprint density at radius 1 is 1.18 bits per heavy atom. The summed E-state index contributed by atoms with van der Waals surface area (Å²) in [6.45, 7) is 6.23. The Kier molecular flexibility index (Phi) is 6.36. The number of amides is 1. The number of hydrogen-bond donors (Lipinski definition) is 1. The first-order valence-corrected chi connectivity index (χ1v) is 10.0. The van der Waals surface area contributed by atoms with Crippen LogP contribution in [-0.4, -0.2) is 33.5 Å². The molecule has 0 saturated carbocycles. The van der Waals surface area contributed by atoms with Gasteiger partial charge in [-0.1, -0.05) is 35.5 Å².